The molecule has 7 rings (SSSR count). The molecule has 0 aliphatic rings. The summed E-state index contributed by atoms with van der Waals surface area (Å²) in [6.07, 6.45) is 0. The third kappa shape index (κ3) is 3.14. The molecule has 4 heteroatoms. The second-order valence-corrected chi connectivity index (χ2v) is 9.22. The highest BCUT2D eigenvalue weighted by molar-refractivity contribution is 6.35. The summed E-state index contributed by atoms with van der Waals surface area (Å²) in [4.78, 5) is 2.21. The summed E-state index contributed by atoms with van der Waals surface area (Å²) in [5.74, 6) is 0. The zero-order valence-corrected chi connectivity index (χ0v) is 20.2. The van der Waals surface area contributed by atoms with Crippen LogP contribution in [-0.2, 0) is 0 Å². The van der Waals surface area contributed by atoms with Gasteiger partial charge in [-0.25, -0.2) is 0 Å². The molecule has 0 bridgehead atoms. The first-order valence-corrected chi connectivity index (χ1v) is 12.4. The van der Waals surface area contributed by atoms with Gasteiger partial charge in [-0.05, 0) is 60.7 Å². The summed E-state index contributed by atoms with van der Waals surface area (Å²) in [7, 11) is 0. The average Bonchev–Trinajstić information content (AvgIpc) is 3.46. The molecule has 0 amide bonds. The second-order valence-electron chi connectivity index (χ2n) is 8.84. The van der Waals surface area contributed by atoms with Crippen molar-refractivity contribution < 1.29 is 0 Å². The Morgan fingerprint density at radius 1 is 0.528 bits per heavy atom. The van der Waals surface area contributed by atoms with Crippen molar-refractivity contribution in [2.45, 2.75) is 0 Å². The molecule has 0 saturated heterocycles. The number of imidazole rings is 1. The fraction of sp³-hybridized carbons (Fsp3) is 0. The van der Waals surface area contributed by atoms with E-state index in [1.807, 2.05) is 12.1 Å². The van der Waals surface area contributed by atoms with E-state index in [1.165, 1.54) is 10.9 Å². The van der Waals surface area contributed by atoms with Crippen molar-refractivity contribution in [3.63, 3.8) is 0 Å². The smallest absolute Gasteiger partial charge is 0.123 e. The standard InChI is InChI=1S/C32H22ClN3/c33-32-29(34(24-13-3-1-4-14-24)25-15-5-2-6-16-25)20-11-21-30(32)36-28-19-10-9-18-27(28)35-26-17-8-7-12-23(26)22-31(35)36/h1-22H. The predicted octanol–water partition coefficient (Wildman–Crippen LogP) is 9.16. The quantitative estimate of drug-likeness (QED) is 0.243. The number of halogens is 1. The van der Waals surface area contributed by atoms with Gasteiger partial charge in [0.25, 0.3) is 0 Å². The van der Waals surface area contributed by atoms with Gasteiger partial charge in [-0.3, -0.25) is 8.97 Å². The number of aromatic nitrogens is 2. The Labute approximate surface area is 214 Å². The molecule has 2 heterocycles. The average molecular weight is 484 g/mol. The highest BCUT2D eigenvalue weighted by atomic mass is 35.5. The van der Waals surface area contributed by atoms with Crippen LogP contribution in [-0.4, -0.2) is 8.97 Å². The van der Waals surface area contributed by atoms with E-state index in [0.29, 0.717) is 5.02 Å². The van der Waals surface area contributed by atoms with Crippen molar-refractivity contribution in [3.05, 3.63) is 138 Å². The first-order valence-electron chi connectivity index (χ1n) is 12.0. The maximum atomic E-state index is 7.32. The number of hydrogen-bond acceptors (Lipinski definition) is 1. The minimum Gasteiger partial charge on any atom is -0.309 e. The number of hydrogen-bond donors (Lipinski definition) is 0. The van der Waals surface area contributed by atoms with E-state index >= 15 is 0 Å². The Morgan fingerprint density at radius 2 is 1.11 bits per heavy atom. The summed E-state index contributed by atoms with van der Waals surface area (Å²) >= 11 is 7.32. The highest BCUT2D eigenvalue weighted by Gasteiger charge is 2.21. The number of nitrogens with zero attached hydrogens (tertiary/aromatic N) is 3. The van der Waals surface area contributed by atoms with Gasteiger partial charge in [0.2, 0.25) is 0 Å². The molecule has 0 fully saturated rings. The molecule has 172 valence electrons. The molecule has 7 aromatic rings. The fourth-order valence-corrected chi connectivity index (χ4v) is 5.51. The van der Waals surface area contributed by atoms with E-state index in [4.69, 9.17) is 11.6 Å². The largest absolute Gasteiger partial charge is 0.309 e. The first kappa shape index (κ1) is 20.9. The SMILES string of the molecule is Clc1c(N(c2ccccc2)c2ccccc2)cccc1-n1c2ccccc2n2c3ccccc3cc12. The van der Waals surface area contributed by atoms with Crippen LogP contribution in [0.1, 0.15) is 0 Å². The minimum atomic E-state index is 0.693. The zero-order valence-electron chi connectivity index (χ0n) is 19.4. The Hall–Kier alpha value is -4.47. The molecule has 0 unspecified atom stereocenters. The Balaban J connectivity index is 1.53. The van der Waals surface area contributed by atoms with E-state index in [-0.39, 0.29) is 0 Å². The van der Waals surface area contributed by atoms with Crippen molar-refractivity contribution in [1.29, 1.82) is 0 Å². The molecule has 0 radical (unpaired) electrons. The zero-order chi connectivity index (χ0) is 24.1. The fourth-order valence-electron chi connectivity index (χ4n) is 5.21. The van der Waals surface area contributed by atoms with Crippen LogP contribution < -0.4 is 4.90 Å². The normalized spacial score (nSPS) is 11.5. The Bertz CT molecular complexity index is 1810. The maximum Gasteiger partial charge on any atom is 0.123 e. The van der Waals surface area contributed by atoms with Crippen LogP contribution in [0.3, 0.4) is 0 Å². The summed E-state index contributed by atoms with van der Waals surface area (Å²) in [6.45, 7) is 0. The third-order valence-corrected chi connectivity index (χ3v) is 7.14. The second kappa shape index (κ2) is 8.33. The van der Waals surface area contributed by atoms with E-state index in [0.717, 1.165) is 39.4 Å². The molecule has 0 saturated carbocycles. The van der Waals surface area contributed by atoms with Crippen LogP contribution in [0, 0.1) is 0 Å². The molecule has 3 nitrogen and oxygen atoms in total. The molecule has 0 aliphatic carbocycles. The van der Waals surface area contributed by atoms with Crippen molar-refractivity contribution in [1.82, 2.24) is 8.97 Å². The van der Waals surface area contributed by atoms with Crippen LogP contribution in [0.2, 0.25) is 5.02 Å². The van der Waals surface area contributed by atoms with Crippen molar-refractivity contribution in [2.75, 3.05) is 4.90 Å². The number of benzene rings is 5. The van der Waals surface area contributed by atoms with Gasteiger partial charge >= 0.3 is 0 Å². The van der Waals surface area contributed by atoms with Crippen molar-refractivity contribution in [3.8, 4) is 5.69 Å². The van der Waals surface area contributed by atoms with Gasteiger partial charge in [0.1, 0.15) is 5.65 Å². The maximum absolute atomic E-state index is 7.32. The lowest BCUT2D eigenvalue weighted by Crippen LogP contribution is -2.11. The third-order valence-electron chi connectivity index (χ3n) is 6.75. The lowest BCUT2D eigenvalue weighted by atomic mass is 10.1. The predicted molar refractivity (Wildman–Crippen MR) is 151 cm³/mol. The molecular weight excluding hydrogens is 462 g/mol. The van der Waals surface area contributed by atoms with E-state index in [2.05, 4.69) is 135 Å². The van der Waals surface area contributed by atoms with Gasteiger partial charge in [0.15, 0.2) is 0 Å². The Kier molecular flexibility index (Phi) is 4.83. The van der Waals surface area contributed by atoms with E-state index < -0.39 is 0 Å². The molecule has 0 spiro atoms. The monoisotopic (exact) mass is 483 g/mol. The van der Waals surface area contributed by atoms with Crippen molar-refractivity contribution in [2.24, 2.45) is 0 Å². The molecule has 0 aliphatic heterocycles. The van der Waals surface area contributed by atoms with Gasteiger partial charge in [-0.2, -0.15) is 0 Å². The van der Waals surface area contributed by atoms with Crippen LogP contribution in [0.15, 0.2) is 133 Å². The minimum absolute atomic E-state index is 0.693. The van der Waals surface area contributed by atoms with E-state index in [1.54, 1.807) is 0 Å². The van der Waals surface area contributed by atoms with Gasteiger partial charge in [0.05, 0.1) is 32.9 Å². The van der Waals surface area contributed by atoms with Gasteiger partial charge in [-0.15, -0.1) is 0 Å². The molecule has 5 aromatic carbocycles. The number of para-hydroxylation sites is 5. The Morgan fingerprint density at radius 3 is 1.81 bits per heavy atom. The van der Waals surface area contributed by atoms with Gasteiger partial charge in [-0.1, -0.05) is 84.4 Å². The molecule has 36 heavy (non-hydrogen) atoms. The van der Waals surface area contributed by atoms with Crippen LogP contribution in [0.5, 0.6) is 0 Å². The molecule has 0 atom stereocenters. The summed E-state index contributed by atoms with van der Waals surface area (Å²) in [5, 5.41) is 1.90. The summed E-state index contributed by atoms with van der Waals surface area (Å²) in [6, 6.07) is 46.2. The first-order chi connectivity index (χ1) is 17.8. The lowest BCUT2D eigenvalue weighted by molar-refractivity contribution is 1.14. The van der Waals surface area contributed by atoms with Crippen LogP contribution in [0.4, 0.5) is 17.1 Å². The van der Waals surface area contributed by atoms with Gasteiger partial charge in [0, 0.05) is 16.8 Å². The summed E-state index contributed by atoms with van der Waals surface area (Å²) in [5.41, 5.74) is 8.52. The van der Waals surface area contributed by atoms with Gasteiger partial charge < -0.3 is 4.90 Å². The topological polar surface area (TPSA) is 12.6 Å². The highest BCUT2D eigenvalue weighted by Crippen LogP contribution is 2.42. The van der Waals surface area contributed by atoms with E-state index in [9.17, 15) is 0 Å². The summed E-state index contributed by atoms with van der Waals surface area (Å²) < 4.78 is 4.59. The number of rotatable bonds is 4. The van der Waals surface area contributed by atoms with Crippen LogP contribution in [0.25, 0.3) is 33.3 Å². The van der Waals surface area contributed by atoms with Crippen molar-refractivity contribution >= 4 is 56.2 Å². The lowest BCUT2D eigenvalue weighted by Gasteiger charge is -2.27. The number of anilines is 3. The van der Waals surface area contributed by atoms with Crippen LogP contribution >= 0.6 is 11.6 Å². The molecule has 0 N–H and O–H groups in total. The molecule has 2 aromatic heterocycles. The number of fused-ring (bicyclic) bond motifs is 5. The molecular formula is C32H22ClN3.